The fourth-order valence-electron chi connectivity index (χ4n) is 1.62. The van der Waals surface area contributed by atoms with E-state index in [1.807, 2.05) is 21.1 Å². The number of hydrogen-bond acceptors (Lipinski definition) is 3. The van der Waals surface area contributed by atoms with Crippen molar-refractivity contribution in [1.82, 2.24) is 5.32 Å². The molecule has 0 aliphatic rings. The Balaban J connectivity index is 4.53. The standard InChI is InChI=1S/C14H28N2O4/c1-14(2,3)13(20)15-11(12(18)19)10(17)8-7-9-16(4,5)6/h10-11,17H,7-9H2,1-6H3,(H-,15,18,19,20)/p+1/t10-,11-/m0/s1. The molecule has 0 spiro atoms. The topological polar surface area (TPSA) is 86.6 Å². The molecule has 0 aromatic rings. The summed E-state index contributed by atoms with van der Waals surface area (Å²) in [6, 6.07) is -1.26. The number of rotatable bonds is 7. The molecule has 0 bridgehead atoms. The first kappa shape index (κ1) is 18.9. The molecule has 0 aromatic heterocycles. The van der Waals surface area contributed by atoms with Crippen LogP contribution in [0.15, 0.2) is 0 Å². The molecule has 0 saturated carbocycles. The maximum absolute atomic E-state index is 11.8. The van der Waals surface area contributed by atoms with Crippen LogP contribution in [0, 0.1) is 5.41 Å². The fraction of sp³-hybridized carbons (Fsp3) is 0.857. The molecule has 0 radical (unpaired) electrons. The maximum Gasteiger partial charge on any atom is 0.328 e. The number of carbonyl (C=O) groups is 2. The molecule has 0 aromatic carbocycles. The zero-order chi connectivity index (χ0) is 16.1. The molecule has 0 aliphatic carbocycles. The molecular formula is C14H29N2O4+. The number of aliphatic hydroxyl groups excluding tert-OH is 1. The van der Waals surface area contributed by atoms with E-state index in [0.717, 1.165) is 11.0 Å². The Morgan fingerprint density at radius 1 is 1.20 bits per heavy atom. The van der Waals surface area contributed by atoms with Crippen LogP contribution in [0.25, 0.3) is 0 Å². The van der Waals surface area contributed by atoms with E-state index >= 15 is 0 Å². The SMILES string of the molecule is CC(C)(C)C(=O)N[C@H](C(=O)O)[C@@H](O)CCC[N+](C)(C)C. The zero-order valence-corrected chi connectivity index (χ0v) is 13.4. The smallest absolute Gasteiger partial charge is 0.328 e. The van der Waals surface area contributed by atoms with Crippen LogP contribution in [-0.2, 0) is 9.59 Å². The van der Waals surface area contributed by atoms with Gasteiger partial charge in [-0.2, -0.15) is 0 Å². The zero-order valence-electron chi connectivity index (χ0n) is 13.4. The largest absolute Gasteiger partial charge is 0.480 e. The lowest BCUT2D eigenvalue weighted by molar-refractivity contribution is -0.870. The van der Waals surface area contributed by atoms with Crippen LogP contribution in [0.3, 0.4) is 0 Å². The van der Waals surface area contributed by atoms with Gasteiger partial charge >= 0.3 is 5.97 Å². The molecule has 1 amide bonds. The third kappa shape index (κ3) is 7.45. The Morgan fingerprint density at radius 2 is 1.70 bits per heavy atom. The van der Waals surface area contributed by atoms with Crippen molar-refractivity contribution in [3.8, 4) is 0 Å². The maximum atomic E-state index is 11.8. The van der Waals surface area contributed by atoms with E-state index in [1.54, 1.807) is 20.8 Å². The Bertz CT molecular complexity index is 342. The molecule has 0 heterocycles. The summed E-state index contributed by atoms with van der Waals surface area (Å²) in [6.07, 6.45) is -0.0399. The van der Waals surface area contributed by atoms with Gasteiger partial charge < -0.3 is 20.0 Å². The first-order valence-corrected chi connectivity index (χ1v) is 6.87. The van der Waals surface area contributed by atoms with Crippen LogP contribution >= 0.6 is 0 Å². The van der Waals surface area contributed by atoms with E-state index < -0.39 is 23.5 Å². The molecule has 3 N–H and O–H groups in total. The Morgan fingerprint density at radius 3 is 2.05 bits per heavy atom. The van der Waals surface area contributed by atoms with Gasteiger partial charge in [0.15, 0.2) is 6.04 Å². The van der Waals surface area contributed by atoms with E-state index in [1.165, 1.54) is 0 Å². The van der Waals surface area contributed by atoms with Crippen molar-refractivity contribution < 1.29 is 24.3 Å². The number of carbonyl (C=O) groups excluding carboxylic acids is 1. The highest BCUT2D eigenvalue weighted by atomic mass is 16.4. The lowest BCUT2D eigenvalue weighted by Crippen LogP contribution is -2.52. The number of carboxylic acids is 1. The number of nitrogens with zero attached hydrogens (tertiary/aromatic N) is 1. The van der Waals surface area contributed by atoms with Crippen LogP contribution < -0.4 is 5.32 Å². The number of aliphatic hydroxyl groups is 1. The molecule has 0 saturated heterocycles. The highest BCUT2D eigenvalue weighted by Crippen LogP contribution is 2.14. The van der Waals surface area contributed by atoms with Gasteiger partial charge in [-0.3, -0.25) is 4.79 Å². The van der Waals surface area contributed by atoms with Crippen molar-refractivity contribution >= 4 is 11.9 Å². The summed E-state index contributed by atoms with van der Waals surface area (Å²) in [7, 11) is 6.09. The summed E-state index contributed by atoms with van der Waals surface area (Å²) in [6.45, 7) is 5.93. The fourth-order valence-corrected chi connectivity index (χ4v) is 1.62. The minimum atomic E-state index is -1.26. The summed E-state index contributed by atoms with van der Waals surface area (Å²) < 4.78 is 0.749. The van der Waals surface area contributed by atoms with E-state index in [-0.39, 0.29) is 5.91 Å². The molecule has 0 aliphatic heterocycles. The van der Waals surface area contributed by atoms with Crippen molar-refractivity contribution in [2.75, 3.05) is 27.7 Å². The number of quaternary nitrogens is 1. The molecule has 118 valence electrons. The molecule has 0 fully saturated rings. The molecular weight excluding hydrogens is 260 g/mol. The van der Waals surface area contributed by atoms with Crippen LogP contribution in [0.5, 0.6) is 0 Å². The molecule has 2 atom stereocenters. The molecule has 6 nitrogen and oxygen atoms in total. The average molecular weight is 289 g/mol. The monoisotopic (exact) mass is 289 g/mol. The summed E-state index contributed by atoms with van der Waals surface area (Å²) >= 11 is 0. The van der Waals surface area contributed by atoms with Crippen molar-refractivity contribution in [3.63, 3.8) is 0 Å². The number of hydrogen-bond donors (Lipinski definition) is 3. The predicted octanol–water partition coefficient (Wildman–Crippen LogP) is 0.449. The Labute approximate surface area is 121 Å². The number of nitrogens with one attached hydrogen (secondary N) is 1. The van der Waals surface area contributed by atoms with Crippen molar-refractivity contribution in [3.05, 3.63) is 0 Å². The Hall–Kier alpha value is -1.14. The lowest BCUT2D eigenvalue weighted by atomic mass is 9.94. The van der Waals surface area contributed by atoms with Gasteiger partial charge in [0.05, 0.1) is 33.8 Å². The van der Waals surface area contributed by atoms with Gasteiger partial charge in [-0.05, 0) is 12.8 Å². The van der Waals surface area contributed by atoms with E-state index in [0.29, 0.717) is 12.8 Å². The first-order valence-electron chi connectivity index (χ1n) is 6.87. The van der Waals surface area contributed by atoms with Crippen molar-refractivity contribution in [1.29, 1.82) is 0 Å². The number of aliphatic carboxylic acids is 1. The van der Waals surface area contributed by atoms with Crippen molar-refractivity contribution in [2.24, 2.45) is 5.41 Å². The molecule has 6 heteroatoms. The van der Waals surface area contributed by atoms with E-state index in [4.69, 9.17) is 5.11 Å². The van der Waals surface area contributed by atoms with Crippen LogP contribution in [0.2, 0.25) is 0 Å². The minimum absolute atomic E-state index is 0.344. The van der Waals surface area contributed by atoms with Crippen LogP contribution in [-0.4, -0.2) is 66.4 Å². The van der Waals surface area contributed by atoms with Gasteiger partial charge in [0, 0.05) is 5.41 Å². The highest BCUT2D eigenvalue weighted by molar-refractivity contribution is 5.86. The van der Waals surface area contributed by atoms with Crippen LogP contribution in [0.4, 0.5) is 0 Å². The lowest BCUT2D eigenvalue weighted by Gasteiger charge is -2.27. The minimum Gasteiger partial charge on any atom is -0.480 e. The number of amides is 1. The van der Waals surface area contributed by atoms with Crippen LogP contribution in [0.1, 0.15) is 33.6 Å². The van der Waals surface area contributed by atoms with Gasteiger partial charge in [-0.15, -0.1) is 0 Å². The highest BCUT2D eigenvalue weighted by Gasteiger charge is 2.32. The summed E-state index contributed by atoms with van der Waals surface area (Å²) in [5.41, 5.74) is -0.685. The summed E-state index contributed by atoms with van der Waals surface area (Å²) in [4.78, 5) is 23.0. The normalized spacial score (nSPS) is 15.6. The third-order valence-corrected chi connectivity index (χ3v) is 2.95. The molecule has 0 unspecified atom stereocenters. The van der Waals surface area contributed by atoms with Gasteiger partial charge in [0.2, 0.25) is 5.91 Å². The third-order valence-electron chi connectivity index (χ3n) is 2.95. The molecule has 0 rings (SSSR count). The van der Waals surface area contributed by atoms with Crippen molar-refractivity contribution in [2.45, 2.75) is 45.8 Å². The predicted molar refractivity (Wildman–Crippen MR) is 77.2 cm³/mol. The second-order valence-electron chi connectivity index (χ2n) is 7.26. The van der Waals surface area contributed by atoms with E-state index in [2.05, 4.69) is 5.32 Å². The van der Waals surface area contributed by atoms with E-state index in [9.17, 15) is 14.7 Å². The Kier molecular flexibility index (Phi) is 6.64. The number of carboxylic acid groups (broad SMARTS) is 1. The molecule has 20 heavy (non-hydrogen) atoms. The summed E-state index contributed by atoms with van der Waals surface area (Å²) in [5.74, 6) is -1.59. The van der Waals surface area contributed by atoms with Gasteiger partial charge in [0.1, 0.15) is 0 Å². The second-order valence-corrected chi connectivity index (χ2v) is 7.26. The quantitative estimate of drug-likeness (QED) is 0.594. The van der Waals surface area contributed by atoms with Gasteiger partial charge in [-0.1, -0.05) is 20.8 Å². The first-order chi connectivity index (χ1) is 8.84. The second kappa shape index (κ2) is 7.04. The summed E-state index contributed by atoms with van der Waals surface area (Å²) in [5, 5.41) is 21.5. The average Bonchev–Trinajstić information content (AvgIpc) is 2.21. The van der Waals surface area contributed by atoms with Gasteiger partial charge in [-0.25, -0.2) is 4.79 Å². The van der Waals surface area contributed by atoms with Gasteiger partial charge in [0.25, 0.3) is 0 Å².